The molecule has 1 aromatic carbocycles. The van der Waals surface area contributed by atoms with E-state index >= 15 is 0 Å². The van der Waals surface area contributed by atoms with Crippen LogP contribution in [0.4, 0.5) is 4.79 Å². The number of thioether (sulfide) groups is 1. The van der Waals surface area contributed by atoms with Crippen LogP contribution in [0.25, 0.3) is 5.69 Å². The van der Waals surface area contributed by atoms with E-state index in [2.05, 4.69) is 15.5 Å². The van der Waals surface area contributed by atoms with Crippen LogP contribution >= 0.6 is 11.8 Å². The number of tetrazole rings is 1. The number of imide groups is 1. The number of aryl methyl sites for hydroxylation is 1. The van der Waals surface area contributed by atoms with Gasteiger partial charge in [-0.2, -0.15) is 4.68 Å². The number of aromatic nitrogens is 4. The van der Waals surface area contributed by atoms with E-state index in [1.54, 1.807) is 11.6 Å². The second kappa shape index (κ2) is 6.35. The molecule has 0 radical (unpaired) electrons. The van der Waals surface area contributed by atoms with Gasteiger partial charge in [-0.15, -0.1) is 5.10 Å². The Balaban J connectivity index is 2.20. The molecule has 2 rings (SSSR count). The first-order valence-electron chi connectivity index (χ1n) is 6.10. The average Bonchev–Trinajstić information content (AvgIpc) is 2.86. The highest BCUT2D eigenvalue weighted by Crippen LogP contribution is 2.24. The van der Waals surface area contributed by atoms with Crippen LogP contribution in [0.15, 0.2) is 29.4 Å². The van der Waals surface area contributed by atoms with E-state index < -0.39 is 17.2 Å². The van der Waals surface area contributed by atoms with E-state index in [1.165, 1.54) is 0 Å². The van der Waals surface area contributed by atoms with Gasteiger partial charge in [0.15, 0.2) is 0 Å². The minimum Gasteiger partial charge on any atom is -0.351 e. The van der Waals surface area contributed by atoms with Crippen molar-refractivity contribution in [3.05, 3.63) is 29.8 Å². The largest absolute Gasteiger partial charge is 0.351 e. The molecule has 3 N–H and O–H groups in total. The number of nitrogens with zero attached hydrogens (tertiary/aromatic N) is 4. The van der Waals surface area contributed by atoms with Crippen LogP contribution in [0, 0.1) is 6.92 Å². The molecule has 8 nitrogen and oxygen atoms in total. The molecule has 1 atom stereocenters. The number of para-hydroxylation sites is 1. The van der Waals surface area contributed by atoms with Crippen molar-refractivity contribution in [1.29, 1.82) is 0 Å². The molecule has 110 valence electrons. The Morgan fingerprint density at radius 2 is 2.10 bits per heavy atom. The Bertz CT molecular complexity index is 671. The van der Waals surface area contributed by atoms with Crippen molar-refractivity contribution in [3.63, 3.8) is 0 Å². The lowest BCUT2D eigenvalue weighted by Crippen LogP contribution is -2.39. The topological polar surface area (TPSA) is 116 Å². The molecular formula is C12H14N6O2S. The highest BCUT2D eigenvalue weighted by Gasteiger charge is 2.20. The van der Waals surface area contributed by atoms with Crippen molar-refractivity contribution in [2.24, 2.45) is 5.73 Å². The molecule has 1 heterocycles. The monoisotopic (exact) mass is 306 g/mol. The summed E-state index contributed by atoms with van der Waals surface area (Å²) >= 11 is 1.14. The summed E-state index contributed by atoms with van der Waals surface area (Å²) in [6.45, 7) is 3.58. The normalized spacial score (nSPS) is 11.9. The summed E-state index contributed by atoms with van der Waals surface area (Å²) in [6, 6.07) is 6.73. The number of hydrogen-bond acceptors (Lipinski definition) is 6. The molecule has 0 saturated carbocycles. The van der Waals surface area contributed by atoms with Crippen LogP contribution in [0.2, 0.25) is 0 Å². The predicted octanol–water partition coefficient (Wildman–Crippen LogP) is 0.646. The predicted molar refractivity (Wildman–Crippen MR) is 76.9 cm³/mol. The summed E-state index contributed by atoms with van der Waals surface area (Å²) < 4.78 is 1.55. The maximum Gasteiger partial charge on any atom is 0.318 e. The van der Waals surface area contributed by atoms with Gasteiger partial charge in [-0.05, 0) is 35.9 Å². The average molecular weight is 306 g/mol. The Kier molecular flexibility index (Phi) is 4.53. The Hall–Kier alpha value is -2.42. The summed E-state index contributed by atoms with van der Waals surface area (Å²) in [5.74, 6) is -0.494. The van der Waals surface area contributed by atoms with Gasteiger partial charge >= 0.3 is 6.03 Å². The summed E-state index contributed by atoms with van der Waals surface area (Å²) in [5, 5.41) is 13.4. The first-order chi connectivity index (χ1) is 9.99. The second-order valence-electron chi connectivity index (χ2n) is 4.27. The number of urea groups is 1. The molecule has 0 saturated heterocycles. The molecule has 0 aliphatic carbocycles. The van der Waals surface area contributed by atoms with Crippen molar-refractivity contribution in [2.45, 2.75) is 24.3 Å². The quantitative estimate of drug-likeness (QED) is 0.801. The fraction of sp³-hybridized carbons (Fsp3) is 0.250. The maximum absolute atomic E-state index is 11.7. The second-order valence-corrected chi connectivity index (χ2v) is 5.58. The minimum absolute atomic E-state index is 0.455. The van der Waals surface area contributed by atoms with E-state index in [0.29, 0.717) is 5.16 Å². The van der Waals surface area contributed by atoms with Gasteiger partial charge in [0.2, 0.25) is 11.1 Å². The zero-order valence-corrected chi connectivity index (χ0v) is 12.3. The highest BCUT2D eigenvalue weighted by molar-refractivity contribution is 8.00. The van der Waals surface area contributed by atoms with Crippen molar-refractivity contribution in [1.82, 2.24) is 25.5 Å². The number of nitrogens with two attached hydrogens (primary N) is 1. The first-order valence-corrected chi connectivity index (χ1v) is 6.98. The summed E-state index contributed by atoms with van der Waals surface area (Å²) in [7, 11) is 0. The molecular weight excluding hydrogens is 292 g/mol. The molecule has 0 aliphatic rings. The van der Waals surface area contributed by atoms with Crippen LogP contribution in [-0.4, -0.2) is 37.4 Å². The van der Waals surface area contributed by atoms with E-state index in [-0.39, 0.29) is 0 Å². The number of amides is 3. The molecule has 21 heavy (non-hydrogen) atoms. The minimum atomic E-state index is -0.883. The number of rotatable bonds is 4. The van der Waals surface area contributed by atoms with Gasteiger partial charge in [0, 0.05) is 0 Å². The number of carbonyl (C=O) groups is 2. The first kappa shape index (κ1) is 15.0. The number of carbonyl (C=O) groups excluding carboxylic acids is 2. The van der Waals surface area contributed by atoms with Crippen LogP contribution in [0.1, 0.15) is 12.5 Å². The number of primary amides is 1. The van der Waals surface area contributed by atoms with Crippen molar-refractivity contribution < 1.29 is 9.59 Å². The van der Waals surface area contributed by atoms with Crippen LogP contribution < -0.4 is 11.1 Å². The van der Waals surface area contributed by atoms with Crippen molar-refractivity contribution in [3.8, 4) is 5.69 Å². The van der Waals surface area contributed by atoms with Gasteiger partial charge < -0.3 is 5.73 Å². The van der Waals surface area contributed by atoms with Gasteiger partial charge in [0.05, 0.1) is 10.9 Å². The van der Waals surface area contributed by atoms with Gasteiger partial charge in [0.1, 0.15) is 0 Å². The molecule has 1 unspecified atom stereocenters. The Morgan fingerprint density at radius 3 is 2.76 bits per heavy atom. The fourth-order valence-electron chi connectivity index (χ4n) is 1.64. The van der Waals surface area contributed by atoms with Crippen molar-refractivity contribution >= 4 is 23.7 Å². The SMILES string of the molecule is Cc1ccccc1-n1nnnc1SC(C)C(=O)NC(N)=O. The van der Waals surface area contributed by atoms with Gasteiger partial charge in [0.25, 0.3) is 0 Å². The Labute approximate surface area is 125 Å². The molecule has 0 bridgehead atoms. The molecule has 0 aliphatic heterocycles. The molecule has 0 fully saturated rings. The van der Waals surface area contributed by atoms with E-state index in [1.807, 2.05) is 36.5 Å². The lowest BCUT2D eigenvalue weighted by Gasteiger charge is -2.10. The fourth-order valence-corrected chi connectivity index (χ4v) is 2.44. The zero-order chi connectivity index (χ0) is 15.4. The standard InChI is InChI=1S/C12H14N6O2S/c1-7-5-3-4-6-9(7)18-12(15-16-17-18)21-8(2)10(19)14-11(13)20/h3-6,8H,1-2H3,(H3,13,14,19,20). The number of hydrogen-bond donors (Lipinski definition) is 2. The number of nitrogens with one attached hydrogen (secondary N) is 1. The molecule has 3 amide bonds. The molecule has 2 aromatic rings. The lowest BCUT2D eigenvalue weighted by molar-refractivity contribution is -0.119. The van der Waals surface area contributed by atoms with Gasteiger partial charge in [-0.25, -0.2) is 4.79 Å². The third-order valence-corrected chi connectivity index (χ3v) is 3.72. The van der Waals surface area contributed by atoms with Crippen LogP contribution in [-0.2, 0) is 4.79 Å². The summed E-state index contributed by atoms with van der Waals surface area (Å²) in [5.41, 5.74) is 6.75. The molecule has 9 heteroatoms. The summed E-state index contributed by atoms with van der Waals surface area (Å²) in [6.07, 6.45) is 0. The Morgan fingerprint density at radius 1 is 1.38 bits per heavy atom. The third kappa shape index (κ3) is 3.57. The highest BCUT2D eigenvalue weighted by atomic mass is 32.2. The number of benzene rings is 1. The van der Waals surface area contributed by atoms with Crippen LogP contribution in [0.3, 0.4) is 0 Å². The molecule has 0 spiro atoms. The maximum atomic E-state index is 11.7. The lowest BCUT2D eigenvalue weighted by atomic mass is 10.2. The van der Waals surface area contributed by atoms with E-state index in [4.69, 9.17) is 5.73 Å². The van der Waals surface area contributed by atoms with E-state index in [9.17, 15) is 9.59 Å². The smallest absolute Gasteiger partial charge is 0.318 e. The van der Waals surface area contributed by atoms with E-state index in [0.717, 1.165) is 23.0 Å². The van der Waals surface area contributed by atoms with Crippen molar-refractivity contribution in [2.75, 3.05) is 0 Å². The molecule has 1 aromatic heterocycles. The van der Waals surface area contributed by atoms with Crippen LogP contribution in [0.5, 0.6) is 0 Å². The zero-order valence-electron chi connectivity index (χ0n) is 11.5. The van der Waals surface area contributed by atoms with Gasteiger partial charge in [-0.1, -0.05) is 30.0 Å². The summed E-state index contributed by atoms with van der Waals surface area (Å²) in [4.78, 5) is 22.4. The third-order valence-electron chi connectivity index (χ3n) is 2.68. The van der Waals surface area contributed by atoms with Gasteiger partial charge in [-0.3, -0.25) is 10.1 Å².